The van der Waals surface area contributed by atoms with Crippen LogP contribution in [-0.2, 0) is 0 Å². The second kappa shape index (κ2) is 7.00. The van der Waals surface area contributed by atoms with Crippen molar-refractivity contribution >= 4 is 11.6 Å². The number of nitrogens with zero attached hydrogens (tertiary/aromatic N) is 3. The lowest BCUT2D eigenvalue weighted by Crippen LogP contribution is -2.25. The Morgan fingerprint density at radius 2 is 2.06 bits per heavy atom. The smallest absolute Gasteiger partial charge is 0.131 e. The van der Waals surface area contributed by atoms with Gasteiger partial charge >= 0.3 is 0 Å². The molecule has 0 amide bonds. The first-order chi connectivity index (χ1) is 7.76. The number of anilines is 2. The predicted octanol–water partition coefficient (Wildman–Crippen LogP) is 1.20. The first-order valence-electron chi connectivity index (χ1n) is 5.80. The average molecular weight is 223 g/mol. The summed E-state index contributed by atoms with van der Waals surface area (Å²) in [6.07, 6.45) is 2.58. The number of nitrogens with two attached hydrogens (primary N) is 1. The molecule has 0 aliphatic heterocycles. The molecule has 16 heavy (non-hydrogen) atoms. The number of hydrogen-bond acceptors (Lipinski definition) is 5. The topological polar surface area (TPSA) is 67.1 Å². The lowest BCUT2D eigenvalue weighted by molar-refractivity contribution is 0.303. The Labute approximate surface area is 97.1 Å². The van der Waals surface area contributed by atoms with Crippen LogP contribution in [0.25, 0.3) is 0 Å². The van der Waals surface area contributed by atoms with E-state index in [9.17, 15) is 0 Å². The van der Waals surface area contributed by atoms with Gasteiger partial charge in [-0.2, -0.15) is 0 Å². The maximum atomic E-state index is 5.55. The molecule has 0 fully saturated rings. The highest BCUT2D eigenvalue weighted by Gasteiger charge is 1.98. The van der Waals surface area contributed by atoms with Gasteiger partial charge in [-0.25, -0.2) is 9.97 Å². The van der Waals surface area contributed by atoms with E-state index in [2.05, 4.69) is 34.0 Å². The van der Waals surface area contributed by atoms with Gasteiger partial charge < -0.3 is 16.0 Å². The van der Waals surface area contributed by atoms with Crippen LogP contribution in [0.5, 0.6) is 0 Å². The summed E-state index contributed by atoms with van der Waals surface area (Å²) < 4.78 is 0. The highest BCUT2D eigenvalue weighted by atomic mass is 15.1. The van der Waals surface area contributed by atoms with Crippen LogP contribution in [0, 0.1) is 0 Å². The van der Waals surface area contributed by atoms with E-state index >= 15 is 0 Å². The van der Waals surface area contributed by atoms with E-state index < -0.39 is 0 Å². The average Bonchev–Trinajstić information content (AvgIpc) is 2.29. The minimum Gasteiger partial charge on any atom is -0.384 e. The van der Waals surface area contributed by atoms with Crippen molar-refractivity contribution in [1.29, 1.82) is 0 Å². The van der Waals surface area contributed by atoms with Gasteiger partial charge in [-0.15, -0.1) is 0 Å². The van der Waals surface area contributed by atoms with Crippen LogP contribution in [0.4, 0.5) is 11.6 Å². The van der Waals surface area contributed by atoms with E-state index in [1.54, 1.807) is 6.07 Å². The molecule has 0 unspecified atom stereocenters. The van der Waals surface area contributed by atoms with Crippen LogP contribution < -0.4 is 11.1 Å². The third-order valence-electron chi connectivity index (χ3n) is 2.54. The Morgan fingerprint density at radius 1 is 1.31 bits per heavy atom. The summed E-state index contributed by atoms with van der Waals surface area (Å²) in [5.41, 5.74) is 5.55. The Hall–Kier alpha value is -1.36. The minimum absolute atomic E-state index is 0.501. The Balaban J connectivity index is 2.20. The summed E-state index contributed by atoms with van der Waals surface area (Å²) in [5, 5.41) is 3.23. The molecule has 0 aliphatic carbocycles. The maximum Gasteiger partial charge on any atom is 0.131 e. The number of rotatable bonds is 7. The van der Waals surface area contributed by atoms with Crippen molar-refractivity contribution in [1.82, 2.24) is 14.9 Å². The largest absolute Gasteiger partial charge is 0.384 e. The molecule has 0 bridgehead atoms. The SMILES string of the molecule is CCN(CC)CCCNc1cc(N)ncn1. The minimum atomic E-state index is 0.501. The summed E-state index contributed by atoms with van der Waals surface area (Å²) in [4.78, 5) is 10.3. The van der Waals surface area contributed by atoms with Crippen LogP contribution in [0.2, 0.25) is 0 Å². The molecule has 1 aromatic heterocycles. The van der Waals surface area contributed by atoms with Crippen molar-refractivity contribution in [3.05, 3.63) is 12.4 Å². The molecule has 0 radical (unpaired) electrons. The number of nitrogens with one attached hydrogen (secondary N) is 1. The molecule has 0 atom stereocenters. The normalized spacial score (nSPS) is 10.7. The molecule has 0 saturated heterocycles. The molecule has 5 heteroatoms. The van der Waals surface area contributed by atoms with Gasteiger partial charge in [0.05, 0.1) is 0 Å². The van der Waals surface area contributed by atoms with E-state index in [4.69, 9.17) is 5.73 Å². The van der Waals surface area contributed by atoms with Gasteiger partial charge in [0.2, 0.25) is 0 Å². The first kappa shape index (κ1) is 12.7. The fourth-order valence-corrected chi connectivity index (χ4v) is 1.53. The molecular formula is C11H21N5. The molecule has 0 aliphatic rings. The third kappa shape index (κ3) is 4.44. The van der Waals surface area contributed by atoms with E-state index in [0.717, 1.165) is 38.4 Å². The number of nitrogen functional groups attached to an aromatic ring is 1. The molecule has 3 N–H and O–H groups in total. The first-order valence-corrected chi connectivity index (χ1v) is 5.80. The van der Waals surface area contributed by atoms with E-state index in [1.165, 1.54) is 6.33 Å². The molecular weight excluding hydrogens is 202 g/mol. The third-order valence-corrected chi connectivity index (χ3v) is 2.54. The van der Waals surface area contributed by atoms with Crippen molar-refractivity contribution in [2.45, 2.75) is 20.3 Å². The van der Waals surface area contributed by atoms with Crippen LogP contribution in [0.1, 0.15) is 20.3 Å². The molecule has 1 rings (SSSR count). The van der Waals surface area contributed by atoms with E-state index in [1.807, 2.05) is 0 Å². The second-order valence-corrected chi connectivity index (χ2v) is 3.64. The van der Waals surface area contributed by atoms with Crippen molar-refractivity contribution in [3.63, 3.8) is 0 Å². The van der Waals surface area contributed by atoms with E-state index in [0.29, 0.717) is 5.82 Å². The van der Waals surface area contributed by atoms with Gasteiger partial charge in [-0.3, -0.25) is 0 Å². The number of hydrogen-bond donors (Lipinski definition) is 2. The van der Waals surface area contributed by atoms with Crippen LogP contribution in [0.3, 0.4) is 0 Å². The van der Waals surface area contributed by atoms with E-state index in [-0.39, 0.29) is 0 Å². The second-order valence-electron chi connectivity index (χ2n) is 3.64. The maximum absolute atomic E-state index is 5.55. The Morgan fingerprint density at radius 3 is 2.69 bits per heavy atom. The fourth-order valence-electron chi connectivity index (χ4n) is 1.53. The fraction of sp³-hybridized carbons (Fsp3) is 0.636. The van der Waals surface area contributed by atoms with Gasteiger partial charge in [0.15, 0.2) is 0 Å². The summed E-state index contributed by atoms with van der Waals surface area (Å²) in [6.45, 7) is 8.60. The van der Waals surface area contributed by atoms with Crippen LogP contribution in [-0.4, -0.2) is 41.0 Å². The van der Waals surface area contributed by atoms with Crippen molar-refractivity contribution in [2.24, 2.45) is 0 Å². The lowest BCUT2D eigenvalue weighted by atomic mass is 10.3. The molecule has 0 spiro atoms. The molecule has 5 nitrogen and oxygen atoms in total. The summed E-state index contributed by atoms with van der Waals surface area (Å²) in [7, 11) is 0. The summed E-state index contributed by atoms with van der Waals surface area (Å²) >= 11 is 0. The quantitative estimate of drug-likeness (QED) is 0.680. The van der Waals surface area contributed by atoms with Gasteiger partial charge in [-0.1, -0.05) is 13.8 Å². The summed E-state index contributed by atoms with van der Waals surface area (Å²) in [5.74, 6) is 1.30. The van der Waals surface area contributed by atoms with Crippen LogP contribution in [0.15, 0.2) is 12.4 Å². The van der Waals surface area contributed by atoms with Crippen molar-refractivity contribution < 1.29 is 0 Å². The van der Waals surface area contributed by atoms with Gasteiger partial charge in [0.1, 0.15) is 18.0 Å². The molecule has 0 aromatic carbocycles. The Kier molecular flexibility index (Phi) is 5.56. The number of aromatic nitrogens is 2. The zero-order valence-electron chi connectivity index (χ0n) is 10.1. The lowest BCUT2D eigenvalue weighted by Gasteiger charge is -2.17. The highest BCUT2D eigenvalue weighted by molar-refractivity contribution is 5.42. The van der Waals surface area contributed by atoms with Crippen molar-refractivity contribution in [2.75, 3.05) is 37.2 Å². The van der Waals surface area contributed by atoms with Gasteiger partial charge in [0, 0.05) is 12.6 Å². The highest BCUT2D eigenvalue weighted by Crippen LogP contribution is 2.04. The Bertz CT molecular complexity index is 298. The monoisotopic (exact) mass is 223 g/mol. The van der Waals surface area contributed by atoms with Gasteiger partial charge in [0.25, 0.3) is 0 Å². The molecule has 1 heterocycles. The summed E-state index contributed by atoms with van der Waals surface area (Å²) in [6, 6.07) is 1.75. The zero-order valence-corrected chi connectivity index (χ0v) is 10.1. The molecule has 90 valence electrons. The molecule has 1 aromatic rings. The zero-order chi connectivity index (χ0) is 11.8. The standard InChI is InChI=1S/C11H21N5/c1-3-16(4-2)7-5-6-13-11-8-10(12)14-9-15-11/h8-9H,3-7H2,1-2H3,(H3,12,13,14,15). The predicted molar refractivity (Wildman–Crippen MR) is 67.3 cm³/mol. The molecule has 0 saturated carbocycles. The van der Waals surface area contributed by atoms with Crippen molar-refractivity contribution in [3.8, 4) is 0 Å². The van der Waals surface area contributed by atoms with Crippen LogP contribution >= 0.6 is 0 Å². The van der Waals surface area contributed by atoms with Gasteiger partial charge in [-0.05, 0) is 26.1 Å².